The van der Waals surface area contributed by atoms with Gasteiger partial charge >= 0.3 is 0 Å². The van der Waals surface area contributed by atoms with E-state index in [1.807, 2.05) is 36.5 Å². The first-order valence-electron chi connectivity index (χ1n) is 8.34. The van der Waals surface area contributed by atoms with Crippen molar-refractivity contribution in [2.75, 3.05) is 20.2 Å². The minimum absolute atomic E-state index is 0.0465. The quantitative estimate of drug-likeness (QED) is 0.656. The molecule has 0 aliphatic rings. The number of rotatable bonds is 7. The summed E-state index contributed by atoms with van der Waals surface area (Å²) < 4.78 is 20.6. The summed E-state index contributed by atoms with van der Waals surface area (Å²) in [4.78, 5) is 13.9. The Bertz CT molecular complexity index is 864. The van der Waals surface area contributed by atoms with Crippen molar-refractivity contribution < 1.29 is 13.9 Å². The highest BCUT2D eigenvalue weighted by atomic mass is 19.1. The highest BCUT2D eigenvalue weighted by molar-refractivity contribution is 5.78. The van der Waals surface area contributed by atoms with Crippen LogP contribution in [-0.2, 0) is 11.2 Å². The molecule has 0 N–H and O–H groups in total. The monoisotopic (exact) mass is 353 g/mol. The molecule has 2 aromatic carbocycles. The molecule has 1 amide bonds. The normalized spacial score (nSPS) is 10.5. The van der Waals surface area contributed by atoms with Crippen LogP contribution in [0.5, 0.6) is 5.75 Å². The van der Waals surface area contributed by atoms with E-state index in [4.69, 9.17) is 4.74 Å². The molecule has 0 radical (unpaired) electrons. The summed E-state index contributed by atoms with van der Waals surface area (Å²) in [6.07, 6.45) is 3.79. The van der Waals surface area contributed by atoms with Crippen LogP contribution >= 0.6 is 0 Å². The Morgan fingerprint density at radius 1 is 1.15 bits per heavy atom. The van der Waals surface area contributed by atoms with Crippen molar-refractivity contribution in [3.05, 3.63) is 78.4 Å². The lowest BCUT2D eigenvalue weighted by molar-refractivity contribution is -0.129. The van der Waals surface area contributed by atoms with Crippen LogP contribution in [-0.4, -0.2) is 40.8 Å². The predicted octanol–water partition coefficient (Wildman–Crippen LogP) is 3.09. The molecule has 0 saturated carbocycles. The van der Waals surface area contributed by atoms with Gasteiger partial charge in [-0.05, 0) is 29.8 Å². The van der Waals surface area contributed by atoms with Crippen LogP contribution in [0.3, 0.4) is 0 Å². The van der Waals surface area contributed by atoms with Gasteiger partial charge in [0.2, 0.25) is 5.91 Å². The summed E-state index contributed by atoms with van der Waals surface area (Å²) in [6.45, 7) is 0.604. The van der Waals surface area contributed by atoms with Gasteiger partial charge in [-0.2, -0.15) is 5.10 Å². The van der Waals surface area contributed by atoms with Crippen molar-refractivity contribution in [2.45, 2.75) is 6.42 Å². The molecule has 0 spiro atoms. The largest absolute Gasteiger partial charge is 0.489 e. The van der Waals surface area contributed by atoms with E-state index in [0.717, 1.165) is 11.3 Å². The summed E-state index contributed by atoms with van der Waals surface area (Å²) in [5.41, 5.74) is 1.78. The first kappa shape index (κ1) is 17.7. The summed E-state index contributed by atoms with van der Waals surface area (Å²) in [5, 5.41) is 4.29. The zero-order valence-electron chi connectivity index (χ0n) is 14.5. The predicted molar refractivity (Wildman–Crippen MR) is 96.8 cm³/mol. The average molecular weight is 353 g/mol. The fraction of sp³-hybridized carbons (Fsp3) is 0.200. The fourth-order valence-corrected chi connectivity index (χ4v) is 2.46. The van der Waals surface area contributed by atoms with Gasteiger partial charge in [-0.1, -0.05) is 30.3 Å². The minimum Gasteiger partial charge on any atom is -0.489 e. The summed E-state index contributed by atoms with van der Waals surface area (Å²) in [6, 6.07) is 15.9. The van der Waals surface area contributed by atoms with Gasteiger partial charge in [0.05, 0.1) is 24.8 Å². The second kappa shape index (κ2) is 8.29. The number of para-hydroxylation sites is 2. The Balaban J connectivity index is 1.50. The van der Waals surface area contributed by atoms with Crippen LogP contribution < -0.4 is 4.74 Å². The van der Waals surface area contributed by atoms with Crippen LogP contribution in [0.4, 0.5) is 4.39 Å². The number of carbonyl (C=O) groups excluding carboxylic acids is 1. The van der Waals surface area contributed by atoms with Gasteiger partial charge in [0.1, 0.15) is 6.61 Å². The number of nitrogens with zero attached hydrogens (tertiary/aromatic N) is 3. The molecule has 1 heterocycles. The lowest BCUT2D eigenvalue weighted by Crippen LogP contribution is -2.32. The lowest BCUT2D eigenvalue weighted by Gasteiger charge is -2.17. The van der Waals surface area contributed by atoms with E-state index >= 15 is 0 Å². The second-order valence-electron chi connectivity index (χ2n) is 5.90. The highest BCUT2D eigenvalue weighted by Crippen LogP contribution is 2.15. The van der Waals surface area contributed by atoms with Gasteiger partial charge in [-0.3, -0.25) is 4.79 Å². The lowest BCUT2D eigenvalue weighted by atomic mass is 10.2. The zero-order valence-corrected chi connectivity index (χ0v) is 14.5. The highest BCUT2D eigenvalue weighted by Gasteiger charge is 2.12. The Labute approximate surface area is 151 Å². The maximum absolute atomic E-state index is 13.5. The number of carbonyl (C=O) groups is 1. The van der Waals surface area contributed by atoms with Gasteiger partial charge in [0.15, 0.2) is 11.6 Å². The van der Waals surface area contributed by atoms with E-state index in [1.165, 1.54) is 6.07 Å². The maximum Gasteiger partial charge on any atom is 0.226 e. The Kier molecular flexibility index (Phi) is 5.63. The first-order chi connectivity index (χ1) is 12.6. The molecule has 0 fully saturated rings. The standard InChI is InChI=1S/C20H20FN3O2/c1-23(11-12-26-19-10-6-5-9-18(19)21)20(25)13-16-14-22-24(15-16)17-7-3-2-4-8-17/h2-10,14-15H,11-13H2,1H3. The molecule has 0 aliphatic heterocycles. The SMILES string of the molecule is CN(CCOc1ccccc1F)C(=O)Cc1cnn(-c2ccccc2)c1. The van der Waals surface area contributed by atoms with Crippen molar-refractivity contribution in [3.8, 4) is 11.4 Å². The zero-order chi connectivity index (χ0) is 18.4. The minimum atomic E-state index is -0.408. The third-order valence-corrected chi connectivity index (χ3v) is 3.96. The first-order valence-corrected chi connectivity index (χ1v) is 8.34. The molecule has 26 heavy (non-hydrogen) atoms. The van der Waals surface area contributed by atoms with Crippen LogP contribution in [0.25, 0.3) is 5.69 Å². The van der Waals surface area contributed by atoms with E-state index in [2.05, 4.69) is 5.10 Å². The molecule has 0 bridgehead atoms. The topological polar surface area (TPSA) is 47.4 Å². The molecule has 1 aromatic heterocycles. The average Bonchev–Trinajstić information content (AvgIpc) is 3.12. The maximum atomic E-state index is 13.5. The fourth-order valence-electron chi connectivity index (χ4n) is 2.46. The van der Waals surface area contributed by atoms with Crippen molar-refractivity contribution in [3.63, 3.8) is 0 Å². The summed E-state index contributed by atoms with van der Waals surface area (Å²) >= 11 is 0. The van der Waals surface area contributed by atoms with Crippen molar-refractivity contribution in [1.82, 2.24) is 14.7 Å². The van der Waals surface area contributed by atoms with E-state index in [0.29, 0.717) is 6.54 Å². The molecule has 134 valence electrons. The molecule has 5 nitrogen and oxygen atoms in total. The van der Waals surface area contributed by atoms with Crippen LogP contribution in [0.2, 0.25) is 0 Å². The molecular weight excluding hydrogens is 333 g/mol. The molecule has 3 aromatic rings. The van der Waals surface area contributed by atoms with Crippen LogP contribution in [0.15, 0.2) is 67.0 Å². The van der Waals surface area contributed by atoms with Gasteiger partial charge < -0.3 is 9.64 Å². The van der Waals surface area contributed by atoms with E-state index in [9.17, 15) is 9.18 Å². The number of halogens is 1. The van der Waals surface area contributed by atoms with Crippen LogP contribution in [0.1, 0.15) is 5.56 Å². The number of aromatic nitrogens is 2. The van der Waals surface area contributed by atoms with E-state index in [-0.39, 0.29) is 24.7 Å². The Morgan fingerprint density at radius 3 is 2.65 bits per heavy atom. The molecule has 0 saturated heterocycles. The third kappa shape index (κ3) is 4.47. The number of likely N-dealkylation sites (N-methyl/N-ethyl adjacent to an activating group) is 1. The summed E-state index contributed by atoms with van der Waals surface area (Å²) in [5.74, 6) is -0.262. The number of ether oxygens (including phenoxy) is 1. The molecule has 0 atom stereocenters. The number of benzene rings is 2. The summed E-state index contributed by atoms with van der Waals surface area (Å²) in [7, 11) is 1.70. The molecule has 6 heteroatoms. The van der Waals surface area contributed by atoms with Gasteiger partial charge in [0.25, 0.3) is 0 Å². The van der Waals surface area contributed by atoms with Gasteiger partial charge in [-0.15, -0.1) is 0 Å². The van der Waals surface area contributed by atoms with Crippen molar-refractivity contribution in [2.24, 2.45) is 0 Å². The Hall–Kier alpha value is -3.15. The molecule has 0 unspecified atom stereocenters. The van der Waals surface area contributed by atoms with Crippen LogP contribution in [0, 0.1) is 5.82 Å². The number of hydrogen-bond donors (Lipinski definition) is 0. The van der Waals surface area contributed by atoms with E-state index in [1.54, 1.807) is 41.0 Å². The number of amides is 1. The van der Waals surface area contributed by atoms with Crippen molar-refractivity contribution in [1.29, 1.82) is 0 Å². The van der Waals surface area contributed by atoms with Gasteiger partial charge in [-0.25, -0.2) is 9.07 Å². The Morgan fingerprint density at radius 2 is 1.88 bits per heavy atom. The molecular formula is C20H20FN3O2. The van der Waals surface area contributed by atoms with Gasteiger partial charge in [0, 0.05) is 13.2 Å². The van der Waals surface area contributed by atoms with E-state index < -0.39 is 5.82 Å². The third-order valence-electron chi connectivity index (χ3n) is 3.96. The molecule has 0 aliphatic carbocycles. The smallest absolute Gasteiger partial charge is 0.226 e. The molecule has 3 rings (SSSR count). The van der Waals surface area contributed by atoms with Crippen molar-refractivity contribution >= 4 is 5.91 Å². The second-order valence-corrected chi connectivity index (χ2v) is 5.90. The number of hydrogen-bond acceptors (Lipinski definition) is 3.